The van der Waals surface area contributed by atoms with Gasteiger partial charge in [0, 0.05) is 7.05 Å². The van der Waals surface area contributed by atoms with Crippen molar-refractivity contribution in [2.45, 2.75) is 26.2 Å². The van der Waals surface area contributed by atoms with Gasteiger partial charge in [0.05, 0.1) is 22.5 Å². The lowest BCUT2D eigenvalue weighted by Gasteiger charge is -2.20. The van der Waals surface area contributed by atoms with Crippen molar-refractivity contribution in [3.8, 4) is 6.07 Å². The largest absolute Gasteiger partial charge is 0.382 e. The maximum Gasteiger partial charge on any atom is 0.154 e. The van der Waals surface area contributed by atoms with E-state index in [1.54, 1.807) is 4.68 Å². The lowest BCUT2D eigenvalue weighted by atomic mass is 9.85. The molecule has 0 saturated carbocycles. The number of fused-ring (bicyclic) bond motifs is 1. The van der Waals surface area contributed by atoms with Gasteiger partial charge in [0.25, 0.3) is 0 Å². The van der Waals surface area contributed by atoms with E-state index in [2.05, 4.69) is 31.9 Å². The number of nitrogens with two attached hydrogens (primary N) is 1. The average molecular weight is 228 g/mol. The highest BCUT2D eigenvalue weighted by atomic mass is 15.3. The molecule has 1 aromatic carbocycles. The van der Waals surface area contributed by atoms with Gasteiger partial charge in [-0.2, -0.15) is 10.4 Å². The summed E-state index contributed by atoms with van der Waals surface area (Å²) in [4.78, 5) is 0. The van der Waals surface area contributed by atoms with Crippen molar-refractivity contribution in [2.75, 3.05) is 5.73 Å². The molecule has 0 bridgehead atoms. The standard InChI is InChI=1S/C13H16N4/c1-13(2,3)9-6-5-8(7-14)10-11(9)17(4)16-12(10)15/h5-6H,1-4H3,(H2,15,16). The minimum atomic E-state index is -0.00747. The molecule has 0 aliphatic rings. The van der Waals surface area contributed by atoms with Gasteiger partial charge in [0.15, 0.2) is 5.82 Å². The molecule has 0 aliphatic carbocycles. The Kier molecular flexibility index (Phi) is 2.35. The van der Waals surface area contributed by atoms with E-state index < -0.39 is 0 Å². The summed E-state index contributed by atoms with van der Waals surface area (Å²) in [5.74, 6) is 0.421. The predicted octanol–water partition coefficient (Wildman–Crippen LogP) is 2.32. The van der Waals surface area contributed by atoms with Gasteiger partial charge in [-0.15, -0.1) is 0 Å². The van der Waals surface area contributed by atoms with Crippen molar-refractivity contribution < 1.29 is 0 Å². The zero-order valence-corrected chi connectivity index (χ0v) is 10.6. The van der Waals surface area contributed by atoms with Crippen molar-refractivity contribution >= 4 is 16.7 Å². The van der Waals surface area contributed by atoms with E-state index in [0.29, 0.717) is 11.4 Å². The summed E-state index contributed by atoms with van der Waals surface area (Å²) in [6, 6.07) is 5.98. The molecule has 2 rings (SSSR count). The zero-order chi connectivity index (χ0) is 12.8. The number of nitrogens with zero attached hydrogens (tertiary/aromatic N) is 3. The first-order valence-electron chi connectivity index (χ1n) is 5.52. The third kappa shape index (κ3) is 1.64. The molecule has 2 aromatic rings. The minimum Gasteiger partial charge on any atom is -0.382 e. The van der Waals surface area contributed by atoms with Crippen LogP contribution in [0.2, 0.25) is 0 Å². The number of aromatic nitrogens is 2. The predicted molar refractivity (Wildman–Crippen MR) is 68.5 cm³/mol. The fourth-order valence-corrected chi connectivity index (χ4v) is 2.15. The fourth-order valence-electron chi connectivity index (χ4n) is 2.15. The molecular formula is C13H16N4. The van der Waals surface area contributed by atoms with Gasteiger partial charge in [-0.3, -0.25) is 4.68 Å². The average Bonchev–Trinajstić information content (AvgIpc) is 2.53. The summed E-state index contributed by atoms with van der Waals surface area (Å²) >= 11 is 0. The molecule has 17 heavy (non-hydrogen) atoms. The van der Waals surface area contributed by atoms with Crippen molar-refractivity contribution in [1.82, 2.24) is 9.78 Å². The lowest BCUT2D eigenvalue weighted by Crippen LogP contribution is -2.13. The molecular weight excluding hydrogens is 212 g/mol. The second-order valence-corrected chi connectivity index (χ2v) is 5.25. The molecule has 0 atom stereocenters. The number of anilines is 1. The first-order valence-corrected chi connectivity index (χ1v) is 5.52. The number of rotatable bonds is 0. The van der Waals surface area contributed by atoms with E-state index in [9.17, 15) is 0 Å². The van der Waals surface area contributed by atoms with Crippen molar-refractivity contribution in [3.05, 3.63) is 23.3 Å². The normalized spacial score (nSPS) is 11.7. The zero-order valence-electron chi connectivity index (χ0n) is 10.6. The maximum atomic E-state index is 9.12. The molecule has 4 nitrogen and oxygen atoms in total. The number of hydrogen-bond donors (Lipinski definition) is 1. The van der Waals surface area contributed by atoms with Gasteiger partial charge in [-0.25, -0.2) is 0 Å². The molecule has 0 radical (unpaired) electrons. The van der Waals surface area contributed by atoms with E-state index in [0.717, 1.165) is 16.5 Å². The molecule has 0 spiro atoms. The highest BCUT2D eigenvalue weighted by molar-refractivity contribution is 5.96. The molecule has 0 saturated heterocycles. The SMILES string of the molecule is Cn1nc(N)c2c(C#N)ccc(C(C)(C)C)c21. The van der Waals surface area contributed by atoms with Crippen LogP contribution >= 0.6 is 0 Å². The van der Waals surface area contributed by atoms with Crippen LogP contribution in [-0.2, 0) is 12.5 Å². The van der Waals surface area contributed by atoms with Crippen LogP contribution in [0.15, 0.2) is 12.1 Å². The third-order valence-corrected chi connectivity index (χ3v) is 2.94. The van der Waals surface area contributed by atoms with Crippen LogP contribution in [0.3, 0.4) is 0 Å². The fraction of sp³-hybridized carbons (Fsp3) is 0.385. The van der Waals surface area contributed by atoms with Crippen LogP contribution in [0.5, 0.6) is 0 Å². The van der Waals surface area contributed by atoms with Crippen LogP contribution < -0.4 is 5.73 Å². The molecule has 0 unspecified atom stereocenters. The van der Waals surface area contributed by atoms with Crippen LogP contribution in [0, 0.1) is 11.3 Å². The number of nitrogen functional groups attached to an aromatic ring is 1. The van der Waals surface area contributed by atoms with Gasteiger partial charge >= 0.3 is 0 Å². The van der Waals surface area contributed by atoms with Crippen LogP contribution in [-0.4, -0.2) is 9.78 Å². The maximum absolute atomic E-state index is 9.12. The highest BCUT2D eigenvalue weighted by Crippen LogP contribution is 2.33. The summed E-state index contributed by atoms with van der Waals surface area (Å²) in [6.45, 7) is 6.41. The molecule has 0 amide bonds. The number of benzene rings is 1. The Morgan fingerprint density at radius 3 is 2.53 bits per heavy atom. The highest BCUT2D eigenvalue weighted by Gasteiger charge is 2.22. The summed E-state index contributed by atoms with van der Waals surface area (Å²) in [7, 11) is 1.86. The van der Waals surface area contributed by atoms with Crippen molar-refractivity contribution in [2.24, 2.45) is 7.05 Å². The monoisotopic (exact) mass is 228 g/mol. The van der Waals surface area contributed by atoms with Gasteiger partial charge in [-0.1, -0.05) is 26.8 Å². The Morgan fingerprint density at radius 2 is 2.00 bits per heavy atom. The smallest absolute Gasteiger partial charge is 0.154 e. The summed E-state index contributed by atoms with van der Waals surface area (Å²) < 4.78 is 1.76. The van der Waals surface area contributed by atoms with Crippen molar-refractivity contribution in [1.29, 1.82) is 5.26 Å². The van der Waals surface area contributed by atoms with E-state index in [4.69, 9.17) is 11.0 Å². The molecule has 4 heteroatoms. The number of aryl methyl sites for hydroxylation is 1. The van der Waals surface area contributed by atoms with E-state index in [1.807, 2.05) is 19.2 Å². The van der Waals surface area contributed by atoms with E-state index >= 15 is 0 Å². The third-order valence-electron chi connectivity index (χ3n) is 2.94. The summed E-state index contributed by atoms with van der Waals surface area (Å²) in [5, 5.41) is 14.1. The molecule has 0 fully saturated rings. The number of nitriles is 1. The Hall–Kier alpha value is -2.02. The lowest BCUT2D eigenvalue weighted by molar-refractivity contribution is 0.590. The molecule has 0 aliphatic heterocycles. The summed E-state index contributed by atoms with van der Waals surface area (Å²) in [5.41, 5.74) is 8.56. The topological polar surface area (TPSA) is 67.6 Å². The first-order chi connectivity index (χ1) is 7.86. The minimum absolute atomic E-state index is 0.00747. The summed E-state index contributed by atoms with van der Waals surface area (Å²) in [6.07, 6.45) is 0. The van der Waals surface area contributed by atoms with E-state index in [-0.39, 0.29) is 5.41 Å². The molecule has 2 N–H and O–H groups in total. The molecule has 1 aromatic heterocycles. The van der Waals surface area contributed by atoms with Crippen LogP contribution in [0.1, 0.15) is 31.9 Å². The second kappa shape index (κ2) is 3.49. The Bertz CT molecular complexity index is 623. The first kappa shape index (κ1) is 11.5. The number of hydrogen-bond acceptors (Lipinski definition) is 3. The van der Waals surface area contributed by atoms with Crippen LogP contribution in [0.4, 0.5) is 5.82 Å². The van der Waals surface area contributed by atoms with Gasteiger partial charge in [0.2, 0.25) is 0 Å². The Balaban J connectivity index is 2.97. The molecule has 88 valence electrons. The van der Waals surface area contributed by atoms with Gasteiger partial charge in [0.1, 0.15) is 0 Å². The quantitative estimate of drug-likeness (QED) is 0.752. The molecule has 1 heterocycles. The second-order valence-electron chi connectivity index (χ2n) is 5.25. The van der Waals surface area contributed by atoms with Crippen molar-refractivity contribution in [3.63, 3.8) is 0 Å². The van der Waals surface area contributed by atoms with Crippen LogP contribution in [0.25, 0.3) is 10.9 Å². The van der Waals surface area contributed by atoms with E-state index in [1.165, 1.54) is 0 Å². The Morgan fingerprint density at radius 1 is 1.35 bits per heavy atom. The van der Waals surface area contributed by atoms with Gasteiger partial charge in [-0.05, 0) is 17.0 Å². The Labute approximate surface area is 101 Å². The van der Waals surface area contributed by atoms with Gasteiger partial charge < -0.3 is 5.73 Å².